The van der Waals surface area contributed by atoms with Gasteiger partial charge in [-0.1, -0.05) is 48.5 Å². The van der Waals surface area contributed by atoms with Crippen molar-refractivity contribution in [2.45, 2.75) is 5.34 Å². The molecule has 1 aliphatic rings. The summed E-state index contributed by atoms with van der Waals surface area (Å²) in [7, 11) is -3.35. The molecule has 1 aliphatic carbocycles. The Hall–Kier alpha value is -2.03. The summed E-state index contributed by atoms with van der Waals surface area (Å²) in [5.41, 5.74) is 1.56. The second-order valence-corrected chi connectivity index (χ2v) is 5.51. The van der Waals surface area contributed by atoms with E-state index in [0.29, 0.717) is 11.1 Å². The number of fused-ring (bicyclic) bond motifs is 3. The first-order valence-electron chi connectivity index (χ1n) is 5.67. The highest BCUT2D eigenvalue weighted by molar-refractivity contribution is 7.33. The Morgan fingerprint density at radius 3 is 2.00 bits per heavy atom. The van der Waals surface area contributed by atoms with Crippen LogP contribution in [0.3, 0.4) is 0 Å². The highest BCUT2D eigenvalue weighted by atomic mass is 31.1. The average Bonchev–Trinajstić information content (AvgIpc) is 2.44. The van der Waals surface area contributed by atoms with Gasteiger partial charge in [-0.25, -0.2) is 9.13 Å². The Morgan fingerprint density at radius 1 is 0.842 bits per heavy atom. The molecule has 1 unspecified atom stereocenters. The maximum Gasteiger partial charge on any atom is 0.361 e. The third-order valence-electron chi connectivity index (χ3n) is 3.35. The molecule has 5 heteroatoms. The molecule has 0 amide bonds. The summed E-state index contributed by atoms with van der Waals surface area (Å²) in [5.74, 6) is -0.794. The zero-order valence-electron chi connectivity index (χ0n) is 9.74. The Morgan fingerprint density at radius 2 is 1.37 bits per heavy atom. The van der Waals surface area contributed by atoms with Crippen LogP contribution >= 0.6 is 7.68 Å². The molecule has 0 fully saturated rings. The van der Waals surface area contributed by atoms with E-state index in [0.717, 1.165) is 0 Å². The first kappa shape index (κ1) is 12.0. The van der Waals surface area contributed by atoms with Crippen LogP contribution in [0.5, 0.6) is 0 Å². The molecule has 2 aromatic carbocycles. The lowest BCUT2D eigenvalue weighted by atomic mass is 9.82. The van der Waals surface area contributed by atoms with Crippen LogP contribution in [0.4, 0.5) is 0 Å². The topological polar surface area (TPSA) is 71.4 Å². The molecular formula is C14H9O4P. The minimum Gasteiger partial charge on any atom is -0.365 e. The Bertz CT molecular complexity index is 756. The van der Waals surface area contributed by atoms with Crippen LogP contribution in [0, 0.1) is 0 Å². The van der Waals surface area contributed by atoms with E-state index in [-0.39, 0.29) is 11.1 Å². The molecular weight excluding hydrogens is 263 g/mol. The van der Waals surface area contributed by atoms with E-state index in [1.165, 1.54) is 12.1 Å². The van der Waals surface area contributed by atoms with Gasteiger partial charge in [0, 0.05) is 11.1 Å². The number of Topliss-reactive ketones (excluding diaryl/α,β-unsaturated/α-hetero) is 1. The summed E-state index contributed by atoms with van der Waals surface area (Å²) in [6, 6.07) is 13.2. The first-order chi connectivity index (χ1) is 9.06. The van der Waals surface area contributed by atoms with Gasteiger partial charge in [-0.2, -0.15) is 0 Å². The van der Waals surface area contributed by atoms with Gasteiger partial charge in [-0.3, -0.25) is 4.79 Å². The molecule has 0 heterocycles. The lowest BCUT2D eigenvalue weighted by molar-refractivity contribution is 0.0619. The fourth-order valence-electron chi connectivity index (χ4n) is 2.43. The summed E-state index contributed by atoms with van der Waals surface area (Å²) in [4.78, 5) is 12.3. The lowest BCUT2D eigenvalue weighted by Gasteiger charge is -2.28. The standard InChI is InChI=1S/C14H9O4P/c15-13-11-7-2-1-5-9(11)10-6-3-4-8-12(10)14(13,16)19(17)18/h1-8,16H. The van der Waals surface area contributed by atoms with Gasteiger partial charge in [-0.15, -0.1) is 0 Å². The van der Waals surface area contributed by atoms with E-state index in [1.807, 2.05) is 0 Å². The van der Waals surface area contributed by atoms with Crippen molar-refractivity contribution in [3.05, 3.63) is 59.7 Å². The first-order valence-corrected chi connectivity index (χ1v) is 6.85. The van der Waals surface area contributed by atoms with E-state index in [9.17, 15) is 19.0 Å². The quantitative estimate of drug-likeness (QED) is 0.810. The van der Waals surface area contributed by atoms with Crippen molar-refractivity contribution in [1.82, 2.24) is 0 Å². The van der Waals surface area contributed by atoms with E-state index in [1.54, 1.807) is 36.4 Å². The smallest absolute Gasteiger partial charge is 0.361 e. The Kier molecular flexibility index (Phi) is 2.52. The molecule has 0 saturated carbocycles. The Labute approximate surface area is 109 Å². The van der Waals surface area contributed by atoms with Gasteiger partial charge in [0.2, 0.25) is 5.78 Å². The summed E-state index contributed by atoms with van der Waals surface area (Å²) < 4.78 is 22.9. The zero-order chi connectivity index (χ0) is 13.6. The molecule has 0 saturated heterocycles. The predicted molar refractivity (Wildman–Crippen MR) is 68.4 cm³/mol. The van der Waals surface area contributed by atoms with Crippen LogP contribution < -0.4 is 0 Å². The molecule has 0 radical (unpaired) electrons. The van der Waals surface area contributed by atoms with Crippen LogP contribution in [-0.2, 0) is 14.5 Å². The normalized spacial score (nSPS) is 20.6. The largest absolute Gasteiger partial charge is 0.365 e. The molecule has 2 aromatic rings. The third kappa shape index (κ3) is 1.47. The van der Waals surface area contributed by atoms with Gasteiger partial charge in [0.15, 0.2) is 0 Å². The fraction of sp³-hybridized carbons (Fsp3) is 0.0714. The number of carbonyl (C=O) groups is 1. The lowest BCUT2D eigenvalue weighted by Crippen LogP contribution is -2.34. The second kappa shape index (κ2) is 3.98. The minimum atomic E-state index is -3.35. The average molecular weight is 272 g/mol. The van der Waals surface area contributed by atoms with Gasteiger partial charge in [0.05, 0.1) is 0 Å². The number of rotatable bonds is 1. The molecule has 1 atom stereocenters. The molecule has 1 N–H and O–H groups in total. The van der Waals surface area contributed by atoms with Gasteiger partial charge in [-0.05, 0) is 11.1 Å². The molecule has 3 rings (SSSR count). The third-order valence-corrected chi connectivity index (χ3v) is 4.32. The van der Waals surface area contributed by atoms with Crippen LogP contribution in [0.2, 0.25) is 0 Å². The fourth-order valence-corrected chi connectivity index (χ4v) is 3.11. The van der Waals surface area contributed by atoms with Crippen molar-refractivity contribution in [2.75, 3.05) is 0 Å². The number of ketones is 1. The van der Waals surface area contributed by atoms with Gasteiger partial charge in [0.25, 0.3) is 5.34 Å². The van der Waals surface area contributed by atoms with Gasteiger partial charge < -0.3 is 5.11 Å². The minimum absolute atomic E-state index is 0.120. The SMILES string of the molecule is O=C1c2ccccc2-c2ccccc2C1(O)P(=O)=O. The van der Waals surface area contributed by atoms with Crippen molar-refractivity contribution < 1.29 is 19.0 Å². The number of hydrogen-bond donors (Lipinski definition) is 1. The summed E-state index contributed by atoms with van der Waals surface area (Å²) in [5, 5.41) is 7.90. The number of benzene rings is 2. The number of aliphatic hydroxyl groups is 1. The predicted octanol–water partition coefficient (Wildman–Crippen LogP) is 2.87. The summed E-state index contributed by atoms with van der Waals surface area (Å²) in [6.07, 6.45) is 0. The van der Waals surface area contributed by atoms with Crippen molar-refractivity contribution in [3.63, 3.8) is 0 Å². The van der Waals surface area contributed by atoms with Crippen LogP contribution in [0.25, 0.3) is 11.1 Å². The van der Waals surface area contributed by atoms with E-state index >= 15 is 0 Å². The van der Waals surface area contributed by atoms with E-state index in [4.69, 9.17) is 0 Å². The van der Waals surface area contributed by atoms with Crippen LogP contribution in [-0.4, -0.2) is 10.9 Å². The molecule has 4 nitrogen and oxygen atoms in total. The van der Waals surface area contributed by atoms with Crippen molar-refractivity contribution >= 4 is 13.5 Å². The Balaban J connectivity index is 2.46. The molecule has 0 aliphatic heterocycles. The van der Waals surface area contributed by atoms with Crippen LogP contribution in [0.1, 0.15) is 15.9 Å². The highest BCUT2D eigenvalue weighted by Gasteiger charge is 2.49. The second-order valence-electron chi connectivity index (χ2n) is 4.35. The summed E-state index contributed by atoms with van der Waals surface area (Å²) in [6.45, 7) is 0. The van der Waals surface area contributed by atoms with E-state index in [2.05, 4.69) is 0 Å². The molecule has 0 aromatic heterocycles. The monoisotopic (exact) mass is 272 g/mol. The maximum atomic E-state index is 12.3. The van der Waals surface area contributed by atoms with Gasteiger partial charge in [0.1, 0.15) is 0 Å². The number of carbonyl (C=O) groups excluding carboxylic acids is 1. The molecule has 19 heavy (non-hydrogen) atoms. The highest BCUT2D eigenvalue weighted by Crippen LogP contribution is 2.49. The van der Waals surface area contributed by atoms with Gasteiger partial charge >= 0.3 is 7.68 Å². The van der Waals surface area contributed by atoms with Crippen molar-refractivity contribution in [3.8, 4) is 11.1 Å². The zero-order valence-corrected chi connectivity index (χ0v) is 10.6. The van der Waals surface area contributed by atoms with Crippen molar-refractivity contribution in [2.24, 2.45) is 0 Å². The maximum absolute atomic E-state index is 12.3. The van der Waals surface area contributed by atoms with Crippen molar-refractivity contribution in [1.29, 1.82) is 0 Å². The van der Waals surface area contributed by atoms with E-state index < -0.39 is 18.8 Å². The molecule has 0 bridgehead atoms. The summed E-state index contributed by atoms with van der Waals surface area (Å²) >= 11 is 0. The molecule has 94 valence electrons. The number of hydrogen-bond acceptors (Lipinski definition) is 4. The van der Waals surface area contributed by atoms with Crippen LogP contribution in [0.15, 0.2) is 48.5 Å². The molecule has 0 spiro atoms.